The Kier molecular flexibility index (Phi) is 4.21. The van der Waals surface area contributed by atoms with Gasteiger partial charge in [0.25, 0.3) is 5.91 Å². The Balaban J connectivity index is 1.83. The lowest BCUT2D eigenvalue weighted by atomic mass is 9.95. The third-order valence-corrected chi connectivity index (χ3v) is 4.99. The van der Waals surface area contributed by atoms with Crippen LogP contribution in [0.2, 0.25) is 5.02 Å². The van der Waals surface area contributed by atoms with Crippen LogP contribution in [0.4, 0.5) is 10.5 Å². The van der Waals surface area contributed by atoms with Crippen molar-refractivity contribution in [1.82, 2.24) is 10.6 Å². The Morgan fingerprint density at radius 3 is 2.83 bits per heavy atom. The second-order valence-corrected chi connectivity index (χ2v) is 6.80. The van der Waals surface area contributed by atoms with Gasteiger partial charge in [0.05, 0.1) is 16.1 Å². The largest absolute Gasteiger partial charge is 0.345 e. The van der Waals surface area contributed by atoms with Gasteiger partial charge in [-0.05, 0) is 43.9 Å². The highest BCUT2D eigenvalue weighted by molar-refractivity contribution is 6.34. The first-order valence-electron chi connectivity index (χ1n) is 7.82. The molecule has 0 aromatic heterocycles. The fourth-order valence-electron chi connectivity index (χ4n) is 2.94. The molecule has 1 aromatic carbocycles. The molecule has 0 spiro atoms. The van der Waals surface area contributed by atoms with Crippen molar-refractivity contribution in [2.45, 2.75) is 25.3 Å². The molecule has 124 valence electrons. The Bertz CT molecular complexity index is 647. The van der Waals surface area contributed by atoms with Gasteiger partial charge in [-0.2, -0.15) is 0 Å². The van der Waals surface area contributed by atoms with Gasteiger partial charge < -0.3 is 16.4 Å². The van der Waals surface area contributed by atoms with Gasteiger partial charge in [0, 0.05) is 25.3 Å². The van der Waals surface area contributed by atoms with Crippen molar-refractivity contribution in [2.24, 2.45) is 11.7 Å². The Labute approximate surface area is 140 Å². The summed E-state index contributed by atoms with van der Waals surface area (Å²) in [6.45, 7) is 3.52. The molecule has 6 nitrogen and oxygen atoms in total. The van der Waals surface area contributed by atoms with Crippen LogP contribution in [0, 0.1) is 5.92 Å². The van der Waals surface area contributed by atoms with E-state index in [4.69, 9.17) is 17.3 Å². The molecule has 4 N–H and O–H groups in total. The van der Waals surface area contributed by atoms with E-state index in [1.165, 1.54) is 0 Å². The van der Waals surface area contributed by atoms with E-state index < -0.39 is 5.54 Å². The minimum atomic E-state index is -0.415. The summed E-state index contributed by atoms with van der Waals surface area (Å²) in [5.74, 6) is 0.166. The van der Waals surface area contributed by atoms with Crippen LogP contribution in [-0.2, 0) is 0 Å². The number of hydrogen-bond acceptors (Lipinski definition) is 3. The molecule has 7 heteroatoms. The quantitative estimate of drug-likeness (QED) is 0.765. The summed E-state index contributed by atoms with van der Waals surface area (Å²) in [4.78, 5) is 26.0. The van der Waals surface area contributed by atoms with Gasteiger partial charge in [0.2, 0.25) is 0 Å². The summed E-state index contributed by atoms with van der Waals surface area (Å²) < 4.78 is 0. The maximum Gasteiger partial charge on any atom is 0.321 e. The maximum atomic E-state index is 12.7. The molecule has 1 aliphatic heterocycles. The molecule has 2 fully saturated rings. The van der Waals surface area contributed by atoms with E-state index in [0.717, 1.165) is 12.8 Å². The lowest BCUT2D eigenvalue weighted by molar-refractivity contribution is 0.0898. The lowest BCUT2D eigenvalue weighted by Gasteiger charge is -2.30. The van der Waals surface area contributed by atoms with Gasteiger partial charge in [-0.3, -0.25) is 9.69 Å². The second kappa shape index (κ2) is 6.02. The third kappa shape index (κ3) is 3.14. The monoisotopic (exact) mass is 336 g/mol. The number of hydrogen-bond donors (Lipinski definition) is 3. The fraction of sp³-hybridized carbons (Fsp3) is 0.500. The zero-order valence-corrected chi connectivity index (χ0v) is 13.8. The standard InChI is InChI=1S/C16H21ClN4O2/c1-16(9-18,10-2-3-10)20-14(22)12-8-11(4-5-13(12)17)21-7-6-19-15(21)23/h4-5,8,10H,2-3,6-7,9,18H2,1H3,(H,19,23)(H,20,22). The highest BCUT2D eigenvalue weighted by Crippen LogP contribution is 2.39. The molecule has 1 heterocycles. The number of halogens is 1. The van der Waals surface area contributed by atoms with Crippen LogP contribution in [0.5, 0.6) is 0 Å². The van der Waals surface area contributed by atoms with Crippen LogP contribution in [0.1, 0.15) is 30.1 Å². The summed E-state index contributed by atoms with van der Waals surface area (Å²) in [6.07, 6.45) is 2.16. The van der Waals surface area contributed by atoms with Crippen molar-refractivity contribution in [2.75, 3.05) is 24.5 Å². The van der Waals surface area contributed by atoms with Crippen molar-refractivity contribution < 1.29 is 9.59 Å². The maximum absolute atomic E-state index is 12.7. The van der Waals surface area contributed by atoms with Crippen molar-refractivity contribution in [3.8, 4) is 0 Å². The molecule has 1 atom stereocenters. The second-order valence-electron chi connectivity index (χ2n) is 6.40. The van der Waals surface area contributed by atoms with Crippen LogP contribution >= 0.6 is 11.6 Å². The zero-order chi connectivity index (χ0) is 16.6. The predicted octanol–water partition coefficient (Wildman–Crippen LogP) is 1.73. The average Bonchev–Trinajstić information content (AvgIpc) is 3.31. The SMILES string of the molecule is CC(CN)(NC(=O)c1cc(N2CCNC2=O)ccc1Cl)C1CC1. The number of anilines is 1. The highest BCUT2D eigenvalue weighted by Gasteiger charge is 2.41. The molecule has 1 saturated heterocycles. The number of rotatable bonds is 5. The molecule has 1 unspecified atom stereocenters. The Hall–Kier alpha value is -1.79. The molecule has 3 rings (SSSR count). The number of urea groups is 1. The van der Waals surface area contributed by atoms with Crippen molar-refractivity contribution >= 4 is 29.2 Å². The van der Waals surface area contributed by atoms with Crippen LogP contribution in [0.3, 0.4) is 0 Å². The van der Waals surface area contributed by atoms with Crippen LogP contribution in [0.25, 0.3) is 0 Å². The number of carbonyl (C=O) groups is 2. The van der Waals surface area contributed by atoms with Crippen molar-refractivity contribution in [3.63, 3.8) is 0 Å². The first-order chi connectivity index (χ1) is 10.9. The summed E-state index contributed by atoms with van der Waals surface area (Å²) >= 11 is 6.19. The molecule has 2 aliphatic rings. The number of amides is 3. The average molecular weight is 337 g/mol. The molecule has 1 aliphatic carbocycles. The predicted molar refractivity (Wildman–Crippen MR) is 89.8 cm³/mol. The van der Waals surface area contributed by atoms with Crippen LogP contribution < -0.4 is 21.3 Å². The van der Waals surface area contributed by atoms with E-state index in [0.29, 0.717) is 41.8 Å². The Morgan fingerprint density at radius 1 is 1.52 bits per heavy atom. The lowest BCUT2D eigenvalue weighted by Crippen LogP contribution is -2.53. The normalized spacial score (nSPS) is 20.1. The summed E-state index contributed by atoms with van der Waals surface area (Å²) in [5.41, 5.74) is 6.46. The fourth-order valence-corrected chi connectivity index (χ4v) is 3.14. The number of nitrogens with one attached hydrogen (secondary N) is 2. The molecule has 0 bridgehead atoms. The number of nitrogens with two attached hydrogens (primary N) is 1. The van der Waals surface area contributed by atoms with E-state index in [1.54, 1.807) is 23.1 Å². The minimum absolute atomic E-state index is 0.163. The summed E-state index contributed by atoms with van der Waals surface area (Å²) in [6, 6.07) is 4.89. The number of benzene rings is 1. The molecule has 23 heavy (non-hydrogen) atoms. The molecule has 1 saturated carbocycles. The smallest absolute Gasteiger partial charge is 0.321 e. The third-order valence-electron chi connectivity index (χ3n) is 4.66. The molecular weight excluding hydrogens is 316 g/mol. The first-order valence-corrected chi connectivity index (χ1v) is 8.20. The first kappa shape index (κ1) is 16.1. The van der Waals surface area contributed by atoms with E-state index in [-0.39, 0.29) is 11.9 Å². The van der Waals surface area contributed by atoms with E-state index in [9.17, 15) is 9.59 Å². The van der Waals surface area contributed by atoms with Crippen LogP contribution in [0.15, 0.2) is 18.2 Å². The van der Waals surface area contributed by atoms with E-state index >= 15 is 0 Å². The van der Waals surface area contributed by atoms with E-state index in [1.807, 2.05) is 6.92 Å². The Morgan fingerprint density at radius 2 is 2.26 bits per heavy atom. The van der Waals surface area contributed by atoms with Gasteiger partial charge in [-0.15, -0.1) is 0 Å². The van der Waals surface area contributed by atoms with E-state index in [2.05, 4.69) is 10.6 Å². The van der Waals surface area contributed by atoms with Gasteiger partial charge >= 0.3 is 6.03 Å². The molecule has 0 radical (unpaired) electrons. The highest BCUT2D eigenvalue weighted by atomic mass is 35.5. The molecule has 1 aromatic rings. The zero-order valence-electron chi connectivity index (χ0n) is 13.1. The van der Waals surface area contributed by atoms with Crippen molar-refractivity contribution in [3.05, 3.63) is 28.8 Å². The summed E-state index contributed by atoms with van der Waals surface area (Å²) in [5, 5.41) is 6.12. The van der Waals surface area contributed by atoms with Gasteiger partial charge in [0.15, 0.2) is 0 Å². The van der Waals surface area contributed by atoms with Gasteiger partial charge in [-0.1, -0.05) is 11.6 Å². The van der Waals surface area contributed by atoms with Gasteiger partial charge in [0.1, 0.15) is 0 Å². The minimum Gasteiger partial charge on any atom is -0.345 e. The summed E-state index contributed by atoms with van der Waals surface area (Å²) in [7, 11) is 0. The van der Waals surface area contributed by atoms with Crippen LogP contribution in [-0.4, -0.2) is 37.1 Å². The van der Waals surface area contributed by atoms with Gasteiger partial charge in [-0.25, -0.2) is 4.79 Å². The van der Waals surface area contributed by atoms with Crippen molar-refractivity contribution in [1.29, 1.82) is 0 Å². The topological polar surface area (TPSA) is 87.5 Å². The molecular formula is C16H21ClN4O2. The molecule has 3 amide bonds. The number of carbonyl (C=O) groups excluding carboxylic acids is 2. The number of nitrogens with zero attached hydrogens (tertiary/aromatic N) is 1.